The molecule has 1 aliphatic heterocycles. The summed E-state index contributed by atoms with van der Waals surface area (Å²) >= 11 is 0. The van der Waals surface area contributed by atoms with E-state index in [9.17, 15) is 0 Å². The molecule has 1 fully saturated rings. The van der Waals surface area contributed by atoms with Crippen LogP contribution >= 0.6 is 0 Å². The number of nitrogens with zero attached hydrogens (tertiary/aromatic N) is 4. The number of ether oxygens (including phenoxy) is 1. The van der Waals surface area contributed by atoms with E-state index in [1.807, 2.05) is 6.33 Å². The molecular weight excluding hydrogens is 396 g/mol. The van der Waals surface area contributed by atoms with Gasteiger partial charge in [-0.2, -0.15) is 0 Å². The fraction of sp³-hybridized carbons (Fsp3) is 0.296. The molecule has 1 aromatic heterocycles. The van der Waals surface area contributed by atoms with Crippen molar-refractivity contribution in [3.05, 3.63) is 96.3 Å². The molecule has 5 heteroatoms. The Bertz CT molecular complexity index is 1110. The number of aromatic nitrogens is 2. The smallest absolute Gasteiger partial charge is 0.107 e. The third kappa shape index (κ3) is 4.01. The van der Waals surface area contributed by atoms with Crippen LogP contribution in [-0.4, -0.2) is 54.0 Å². The Kier molecular flexibility index (Phi) is 5.93. The molecule has 0 radical (unpaired) electrons. The number of fused-ring (bicyclic) bond motifs is 1. The lowest BCUT2D eigenvalue weighted by molar-refractivity contribution is -0.0212. The van der Waals surface area contributed by atoms with E-state index < -0.39 is 0 Å². The number of rotatable bonds is 6. The number of anilines is 1. The highest BCUT2D eigenvalue weighted by Crippen LogP contribution is 2.32. The molecular formula is C27H30N4O. The highest BCUT2D eigenvalue weighted by molar-refractivity contribution is 5.80. The fourth-order valence-electron chi connectivity index (χ4n) is 4.69. The number of hydrogen-bond donors (Lipinski definition) is 0. The van der Waals surface area contributed by atoms with E-state index in [2.05, 4.69) is 100 Å². The van der Waals surface area contributed by atoms with Gasteiger partial charge in [-0.1, -0.05) is 60.7 Å². The van der Waals surface area contributed by atoms with Crippen LogP contribution in [0.1, 0.15) is 24.1 Å². The molecule has 1 unspecified atom stereocenters. The molecule has 0 N–H and O–H groups in total. The van der Waals surface area contributed by atoms with E-state index in [0.717, 1.165) is 37.2 Å². The Hall–Kier alpha value is -3.15. The van der Waals surface area contributed by atoms with Crippen LogP contribution in [-0.2, 0) is 4.74 Å². The number of piperazine rings is 1. The summed E-state index contributed by atoms with van der Waals surface area (Å²) < 4.78 is 7.81. The monoisotopic (exact) mass is 426 g/mol. The van der Waals surface area contributed by atoms with Gasteiger partial charge in [0.25, 0.3) is 0 Å². The standard InChI is InChI=1S/C27H30N4O/c1-21(32-2)29-15-17-30(18-16-29)24-13-14-25-26(19-24)31(20-28-25)27(22-9-5-3-6-10-22)23-11-7-4-8-12-23/h3-14,19-21,27H,15-18H2,1-2H3. The van der Waals surface area contributed by atoms with Crippen LogP contribution in [0.15, 0.2) is 85.2 Å². The molecule has 0 saturated carbocycles. The predicted octanol–water partition coefficient (Wildman–Crippen LogP) is 4.79. The Labute approximate surface area is 189 Å². The van der Waals surface area contributed by atoms with Gasteiger partial charge in [-0.15, -0.1) is 0 Å². The summed E-state index contributed by atoms with van der Waals surface area (Å²) in [7, 11) is 1.78. The summed E-state index contributed by atoms with van der Waals surface area (Å²) in [6, 6.07) is 28.1. The van der Waals surface area contributed by atoms with Crippen molar-refractivity contribution in [2.75, 3.05) is 38.2 Å². The molecule has 0 amide bonds. The molecule has 0 aliphatic carbocycles. The number of imidazole rings is 1. The van der Waals surface area contributed by atoms with Gasteiger partial charge in [-0.25, -0.2) is 4.98 Å². The molecule has 1 aliphatic rings. The summed E-state index contributed by atoms with van der Waals surface area (Å²) in [5.41, 5.74) is 5.95. The van der Waals surface area contributed by atoms with Crippen molar-refractivity contribution in [2.45, 2.75) is 19.2 Å². The summed E-state index contributed by atoms with van der Waals surface area (Å²) in [6.45, 7) is 6.11. The second kappa shape index (κ2) is 9.15. The van der Waals surface area contributed by atoms with Crippen LogP contribution in [0, 0.1) is 0 Å². The minimum atomic E-state index is 0.0806. The molecule has 4 aromatic rings. The average Bonchev–Trinajstić information content (AvgIpc) is 3.28. The average molecular weight is 427 g/mol. The zero-order chi connectivity index (χ0) is 21.9. The van der Waals surface area contributed by atoms with Crippen LogP contribution in [0.4, 0.5) is 5.69 Å². The van der Waals surface area contributed by atoms with Gasteiger partial charge in [0.2, 0.25) is 0 Å². The number of methoxy groups -OCH3 is 1. The SMILES string of the molecule is COC(C)N1CCN(c2ccc3ncn(C(c4ccccc4)c4ccccc4)c3c2)CC1. The zero-order valence-corrected chi connectivity index (χ0v) is 18.8. The van der Waals surface area contributed by atoms with Gasteiger partial charge in [-0.05, 0) is 36.2 Å². The lowest BCUT2D eigenvalue weighted by Gasteiger charge is -2.38. The maximum absolute atomic E-state index is 5.50. The molecule has 5 rings (SSSR count). The van der Waals surface area contributed by atoms with Crippen LogP contribution in [0.2, 0.25) is 0 Å². The van der Waals surface area contributed by atoms with E-state index >= 15 is 0 Å². The van der Waals surface area contributed by atoms with Crippen LogP contribution in [0.3, 0.4) is 0 Å². The zero-order valence-electron chi connectivity index (χ0n) is 18.8. The Morgan fingerprint density at radius 1 is 0.812 bits per heavy atom. The molecule has 5 nitrogen and oxygen atoms in total. The van der Waals surface area contributed by atoms with Crippen molar-refractivity contribution in [2.24, 2.45) is 0 Å². The van der Waals surface area contributed by atoms with E-state index in [1.165, 1.54) is 16.8 Å². The highest BCUT2D eigenvalue weighted by atomic mass is 16.5. The van der Waals surface area contributed by atoms with E-state index in [-0.39, 0.29) is 12.3 Å². The normalized spacial score (nSPS) is 16.0. The Morgan fingerprint density at radius 2 is 1.44 bits per heavy atom. The largest absolute Gasteiger partial charge is 0.369 e. The van der Waals surface area contributed by atoms with Gasteiger partial charge in [-0.3, -0.25) is 4.90 Å². The first-order chi connectivity index (χ1) is 15.7. The van der Waals surface area contributed by atoms with Crippen LogP contribution < -0.4 is 4.90 Å². The van der Waals surface area contributed by atoms with E-state index in [0.29, 0.717) is 0 Å². The molecule has 164 valence electrons. The van der Waals surface area contributed by atoms with Crippen LogP contribution in [0.25, 0.3) is 11.0 Å². The van der Waals surface area contributed by atoms with Crippen molar-refractivity contribution >= 4 is 16.7 Å². The van der Waals surface area contributed by atoms with E-state index in [1.54, 1.807) is 7.11 Å². The summed E-state index contributed by atoms with van der Waals surface area (Å²) in [4.78, 5) is 9.60. The van der Waals surface area contributed by atoms with Gasteiger partial charge in [0.05, 0.1) is 23.4 Å². The quantitative estimate of drug-likeness (QED) is 0.444. The van der Waals surface area contributed by atoms with Gasteiger partial charge in [0.15, 0.2) is 0 Å². The van der Waals surface area contributed by atoms with Crippen molar-refractivity contribution < 1.29 is 4.74 Å². The van der Waals surface area contributed by atoms with Crippen molar-refractivity contribution in [3.8, 4) is 0 Å². The summed E-state index contributed by atoms with van der Waals surface area (Å²) in [5, 5.41) is 0. The lowest BCUT2D eigenvalue weighted by atomic mass is 9.98. The van der Waals surface area contributed by atoms with Gasteiger partial charge in [0, 0.05) is 39.0 Å². The number of benzene rings is 3. The maximum atomic E-state index is 5.50. The Morgan fingerprint density at radius 3 is 2.03 bits per heavy atom. The van der Waals surface area contributed by atoms with Crippen LogP contribution in [0.5, 0.6) is 0 Å². The lowest BCUT2D eigenvalue weighted by Crippen LogP contribution is -2.50. The van der Waals surface area contributed by atoms with Crippen molar-refractivity contribution in [1.29, 1.82) is 0 Å². The maximum Gasteiger partial charge on any atom is 0.107 e. The van der Waals surface area contributed by atoms with Crippen molar-refractivity contribution in [3.63, 3.8) is 0 Å². The van der Waals surface area contributed by atoms with Gasteiger partial charge in [0.1, 0.15) is 6.23 Å². The highest BCUT2D eigenvalue weighted by Gasteiger charge is 2.23. The molecule has 1 atom stereocenters. The first-order valence-corrected chi connectivity index (χ1v) is 11.3. The summed E-state index contributed by atoms with van der Waals surface area (Å²) in [6.07, 6.45) is 2.15. The third-order valence-corrected chi connectivity index (χ3v) is 6.60. The predicted molar refractivity (Wildman–Crippen MR) is 130 cm³/mol. The third-order valence-electron chi connectivity index (χ3n) is 6.60. The topological polar surface area (TPSA) is 33.5 Å². The molecule has 3 aromatic carbocycles. The second-order valence-corrected chi connectivity index (χ2v) is 8.41. The molecule has 0 bridgehead atoms. The molecule has 0 spiro atoms. The first-order valence-electron chi connectivity index (χ1n) is 11.3. The van der Waals surface area contributed by atoms with Gasteiger partial charge >= 0.3 is 0 Å². The minimum Gasteiger partial charge on any atom is -0.369 e. The molecule has 1 saturated heterocycles. The molecule has 2 heterocycles. The minimum absolute atomic E-state index is 0.0806. The second-order valence-electron chi connectivity index (χ2n) is 8.41. The Balaban J connectivity index is 1.51. The summed E-state index contributed by atoms with van der Waals surface area (Å²) in [5.74, 6) is 0. The fourth-order valence-corrected chi connectivity index (χ4v) is 4.69. The van der Waals surface area contributed by atoms with Gasteiger partial charge < -0.3 is 14.2 Å². The van der Waals surface area contributed by atoms with E-state index in [4.69, 9.17) is 9.72 Å². The first kappa shape index (κ1) is 20.7. The van der Waals surface area contributed by atoms with Crippen molar-refractivity contribution in [1.82, 2.24) is 14.5 Å². The molecule has 32 heavy (non-hydrogen) atoms. The number of hydrogen-bond acceptors (Lipinski definition) is 4.